The SMILES string of the molecule is COc1ccc(Cn2ccc3ccc(N4CCOCC4)cc32)cc1. The molecule has 1 aliphatic rings. The van der Waals surface area contributed by atoms with E-state index in [9.17, 15) is 0 Å². The van der Waals surface area contributed by atoms with E-state index in [0.717, 1.165) is 38.6 Å². The zero-order valence-corrected chi connectivity index (χ0v) is 13.9. The third kappa shape index (κ3) is 2.97. The Kier molecular flexibility index (Phi) is 4.13. The van der Waals surface area contributed by atoms with Gasteiger partial charge in [-0.25, -0.2) is 0 Å². The average molecular weight is 322 g/mol. The fourth-order valence-corrected chi connectivity index (χ4v) is 3.26. The molecule has 0 spiro atoms. The normalized spacial score (nSPS) is 15.0. The third-order valence-electron chi connectivity index (χ3n) is 4.65. The van der Waals surface area contributed by atoms with Crippen LogP contribution < -0.4 is 9.64 Å². The second kappa shape index (κ2) is 6.57. The highest BCUT2D eigenvalue weighted by atomic mass is 16.5. The van der Waals surface area contributed by atoms with Gasteiger partial charge in [-0.15, -0.1) is 0 Å². The van der Waals surface area contributed by atoms with Crippen molar-refractivity contribution in [1.29, 1.82) is 0 Å². The van der Waals surface area contributed by atoms with E-state index in [2.05, 4.69) is 52.1 Å². The van der Waals surface area contributed by atoms with Crippen LogP contribution in [0.25, 0.3) is 10.9 Å². The number of methoxy groups -OCH3 is 1. The van der Waals surface area contributed by atoms with Gasteiger partial charge < -0.3 is 18.9 Å². The van der Waals surface area contributed by atoms with Crippen LogP contribution in [0.4, 0.5) is 5.69 Å². The highest BCUT2D eigenvalue weighted by molar-refractivity contribution is 5.84. The van der Waals surface area contributed by atoms with Gasteiger partial charge in [-0.1, -0.05) is 18.2 Å². The minimum atomic E-state index is 0.810. The smallest absolute Gasteiger partial charge is 0.118 e. The van der Waals surface area contributed by atoms with Crippen LogP contribution in [-0.4, -0.2) is 38.0 Å². The van der Waals surface area contributed by atoms with E-state index in [1.54, 1.807) is 7.11 Å². The van der Waals surface area contributed by atoms with Crippen molar-refractivity contribution < 1.29 is 9.47 Å². The van der Waals surface area contributed by atoms with Gasteiger partial charge in [-0.3, -0.25) is 0 Å². The summed E-state index contributed by atoms with van der Waals surface area (Å²) in [6, 6.07) is 17.2. The first-order valence-electron chi connectivity index (χ1n) is 8.38. The van der Waals surface area contributed by atoms with Crippen LogP contribution in [0.1, 0.15) is 5.56 Å². The number of nitrogens with zero attached hydrogens (tertiary/aromatic N) is 2. The van der Waals surface area contributed by atoms with E-state index in [4.69, 9.17) is 9.47 Å². The molecule has 0 bridgehead atoms. The Morgan fingerprint density at radius 2 is 1.79 bits per heavy atom. The van der Waals surface area contributed by atoms with Crippen molar-refractivity contribution in [3.05, 3.63) is 60.3 Å². The van der Waals surface area contributed by atoms with Gasteiger partial charge >= 0.3 is 0 Å². The second-order valence-corrected chi connectivity index (χ2v) is 6.13. The molecule has 24 heavy (non-hydrogen) atoms. The van der Waals surface area contributed by atoms with Crippen molar-refractivity contribution >= 4 is 16.6 Å². The lowest BCUT2D eigenvalue weighted by atomic mass is 10.2. The molecular weight excluding hydrogens is 300 g/mol. The van der Waals surface area contributed by atoms with Crippen molar-refractivity contribution in [2.24, 2.45) is 0 Å². The third-order valence-corrected chi connectivity index (χ3v) is 4.65. The maximum atomic E-state index is 5.46. The van der Waals surface area contributed by atoms with Crippen LogP contribution in [0.3, 0.4) is 0 Å². The van der Waals surface area contributed by atoms with Crippen LogP contribution in [0, 0.1) is 0 Å². The molecule has 4 nitrogen and oxygen atoms in total. The van der Waals surface area contributed by atoms with Crippen LogP contribution in [0.15, 0.2) is 54.7 Å². The maximum absolute atomic E-state index is 5.46. The first-order chi connectivity index (χ1) is 11.8. The van der Waals surface area contributed by atoms with Crippen molar-refractivity contribution in [3.8, 4) is 5.75 Å². The molecule has 0 N–H and O–H groups in total. The van der Waals surface area contributed by atoms with Crippen molar-refractivity contribution in [1.82, 2.24) is 4.57 Å². The van der Waals surface area contributed by atoms with Gasteiger partial charge in [0.05, 0.1) is 25.8 Å². The summed E-state index contributed by atoms with van der Waals surface area (Å²) < 4.78 is 13.0. The monoisotopic (exact) mass is 322 g/mol. The zero-order valence-electron chi connectivity index (χ0n) is 13.9. The molecule has 2 aromatic carbocycles. The molecule has 0 atom stereocenters. The highest BCUT2D eigenvalue weighted by Gasteiger charge is 2.12. The molecule has 4 rings (SSSR count). The number of anilines is 1. The summed E-state index contributed by atoms with van der Waals surface area (Å²) in [5.74, 6) is 0.894. The minimum absolute atomic E-state index is 0.810. The molecule has 1 aliphatic heterocycles. The minimum Gasteiger partial charge on any atom is -0.497 e. The predicted molar refractivity (Wildman–Crippen MR) is 97.1 cm³/mol. The van der Waals surface area contributed by atoms with Crippen LogP contribution in [0.5, 0.6) is 5.75 Å². The number of ether oxygens (including phenoxy) is 2. The Morgan fingerprint density at radius 3 is 2.54 bits per heavy atom. The zero-order chi connectivity index (χ0) is 16.4. The van der Waals surface area contributed by atoms with E-state index in [-0.39, 0.29) is 0 Å². The van der Waals surface area contributed by atoms with Crippen LogP contribution >= 0.6 is 0 Å². The van der Waals surface area contributed by atoms with Crippen molar-refractivity contribution in [2.75, 3.05) is 38.3 Å². The summed E-state index contributed by atoms with van der Waals surface area (Å²) in [5.41, 5.74) is 3.82. The van der Waals surface area contributed by atoms with E-state index in [1.807, 2.05) is 12.1 Å². The first-order valence-corrected chi connectivity index (χ1v) is 8.38. The van der Waals surface area contributed by atoms with E-state index in [0.29, 0.717) is 0 Å². The summed E-state index contributed by atoms with van der Waals surface area (Å²) in [4.78, 5) is 2.40. The predicted octanol–water partition coefficient (Wildman–Crippen LogP) is 3.53. The standard InChI is InChI=1S/C20H22N2O2/c1-23-19-6-2-16(3-7-19)15-22-9-8-17-4-5-18(14-20(17)22)21-10-12-24-13-11-21/h2-9,14H,10-13,15H2,1H3. The molecule has 0 amide bonds. The molecule has 3 aromatic rings. The Morgan fingerprint density at radius 1 is 1.00 bits per heavy atom. The number of fused-ring (bicyclic) bond motifs is 1. The Labute approximate surface area is 142 Å². The summed E-state index contributed by atoms with van der Waals surface area (Å²) in [5, 5.41) is 1.28. The lowest BCUT2D eigenvalue weighted by Crippen LogP contribution is -2.36. The molecule has 1 aromatic heterocycles. The van der Waals surface area contributed by atoms with E-state index < -0.39 is 0 Å². The summed E-state index contributed by atoms with van der Waals surface area (Å²) >= 11 is 0. The molecular formula is C20H22N2O2. The van der Waals surface area contributed by atoms with Gasteiger partial charge in [0, 0.05) is 31.5 Å². The Bertz CT molecular complexity index is 817. The maximum Gasteiger partial charge on any atom is 0.118 e. The Balaban J connectivity index is 1.62. The quantitative estimate of drug-likeness (QED) is 0.735. The lowest BCUT2D eigenvalue weighted by Gasteiger charge is -2.29. The van der Waals surface area contributed by atoms with Crippen molar-refractivity contribution in [2.45, 2.75) is 6.54 Å². The van der Waals surface area contributed by atoms with E-state index in [1.165, 1.54) is 22.2 Å². The fourth-order valence-electron chi connectivity index (χ4n) is 3.26. The average Bonchev–Trinajstić information content (AvgIpc) is 3.05. The molecule has 0 aliphatic carbocycles. The van der Waals surface area contributed by atoms with Gasteiger partial charge in [0.15, 0.2) is 0 Å². The van der Waals surface area contributed by atoms with Gasteiger partial charge in [0.25, 0.3) is 0 Å². The van der Waals surface area contributed by atoms with Crippen LogP contribution in [0.2, 0.25) is 0 Å². The molecule has 4 heteroatoms. The number of benzene rings is 2. The molecule has 2 heterocycles. The Hall–Kier alpha value is -2.46. The van der Waals surface area contributed by atoms with Gasteiger partial charge in [0.1, 0.15) is 5.75 Å². The number of rotatable bonds is 4. The lowest BCUT2D eigenvalue weighted by molar-refractivity contribution is 0.122. The molecule has 124 valence electrons. The highest BCUT2D eigenvalue weighted by Crippen LogP contribution is 2.25. The molecule has 1 fully saturated rings. The number of aromatic nitrogens is 1. The number of hydrogen-bond donors (Lipinski definition) is 0. The summed E-state index contributed by atoms with van der Waals surface area (Å²) in [7, 11) is 1.70. The van der Waals surface area contributed by atoms with Gasteiger partial charge in [0.2, 0.25) is 0 Å². The first kappa shape index (κ1) is 15.1. The molecule has 0 unspecified atom stereocenters. The molecule has 0 radical (unpaired) electrons. The summed E-state index contributed by atoms with van der Waals surface area (Å²) in [6.45, 7) is 4.41. The van der Waals surface area contributed by atoms with Gasteiger partial charge in [-0.2, -0.15) is 0 Å². The summed E-state index contributed by atoms with van der Waals surface area (Å²) in [6.07, 6.45) is 2.16. The fraction of sp³-hybridized carbons (Fsp3) is 0.300. The second-order valence-electron chi connectivity index (χ2n) is 6.13. The molecule has 1 saturated heterocycles. The molecule has 0 saturated carbocycles. The number of morpholine rings is 1. The van der Waals surface area contributed by atoms with Gasteiger partial charge in [-0.05, 0) is 41.3 Å². The topological polar surface area (TPSA) is 26.6 Å². The number of hydrogen-bond acceptors (Lipinski definition) is 3. The largest absolute Gasteiger partial charge is 0.497 e. The van der Waals surface area contributed by atoms with Crippen molar-refractivity contribution in [3.63, 3.8) is 0 Å². The van der Waals surface area contributed by atoms with Crippen LogP contribution in [-0.2, 0) is 11.3 Å². The van der Waals surface area contributed by atoms with E-state index >= 15 is 0 Å².